The van der Waals surface area contributed by atoms with Crippen LogP contribution >= 0.6 is 11.8 Å². The molecule has 0 unspecified atom stereocenters. The first-order chi connectivity index (χ1) is 15.4. The van der Waals surface area contributed by atoms with Crippen LogP contribution in [0.5, 0.6) is 0 Å². The van der Waals surface area contributed by atoms with Crippen molar-refractivity contribution >= 4 is 44.5 Å². The minimum Gasteiger partial charge on any atom is -0.744 e. The molecule has 1 aliphatic heterocycles. The van der Waals surface area contributed by atoms with E-state index in [-0.39, 0.29) is 4.90 Å². The van der Waals surface area contributed by atoms with Crippen molar-refractivity contribution < 1.29 is 17.5 Å². The van der Waals surface area contributed by atoms with Gasteiger partial charge in [-0.3, -0.25) is 0 Å². The van der Waals surface area contributed by atoms with Crippen LogP contribution in [0.3, 0.4) is 0 Å². The topological polar surface area (TPSA) is 64.3 Å². The number of hydrogen-bond acceptors (Lipinski definition) is 5. The summed E-state index contributed by atoms with van der Waals surface area (Å²) in [7, 11) is -2.61. The van der Waals surface area contributed by atoms with E-state index in [0.717, 1.165) is 38.6 Å². The highest BCUT2D eigenvalue weighted by Crippen LogP contribution is 2.46. The van der Waals surface area contributed by atoms with Gasteiger partial charge >= 0.3 is 0 Å². The average Bonchev–Trinajstić information content (AvgIpc) is 3.10. The zero-order chi connectivity index (χ0) is 22.3. The summed E-state index contributed by atoms with van der Waals surface area (Å²) in [4.78, 5) is 2.64. The maximum atomic E-state index is 11.4. The van der Waals surface area contributed by atoms with E-state index in [1.165, 1.54) is 17.7 Å². The molecule has 1 aromatic heterocycles. The smallest absolute Gasteiger partial charge is 0.213 e. The van der Waals surface area contributed by atoms with E-state index in [4.69, 9.17) is 0 Å². The molecule has 5 rings (SSSR count). The summed E-state index contributed by atoms with van der Waals surface area (Å²) < 4.78 is 36.5. The second-order valence-corrected chi connectivity index (χ2v) is 10.1. The summed E-state index contributed by atoms with van der Waals surface area (Å²) in [5.74, 6) is 0. The van der Waals surface area contributed by atoms with Gasteiger partial charge in [0.1, 0.15) is 10.1 Å². The molecule has 5 nitrogen and oxygen atoms in total. The molecule has 0 fully saturated rings. The Morgan fingerprint density at radius 2 is 1.75 bits per heavy atom. The van der Waals surface area contributed by atoms with E-state index in [1.54, 1.807) is 17.8 Å². The number of hydrogen-bond donors (Lipinski definition) is 0. The molecule has 32 heavy (non-hydrogen) atoms. The largest absolute Gasteiger partial charge is 0.744 e. The quantitative estimate of drug-likeness (QED) is 0.328. The third-order valence-electron chi connectivity index (χ3n) is 5.56. The third kappa shape index (κ3) is 3.90. The van der Waals surface area contributed by atoms with E-state index >= 15 is 0 Å². The highest BCUT2D eigenvalue weighted by atomic mass is 32.2. The standard InChI is InChI=1S/C25H20N2O3S2/c1-26-23-16-20(32(28,29)30)11-12-24(23)31-25(26)15-19-13-14-27(17-18-7-3-2-4-8-18)22-10-6-5-9-21(19)22/h2-16H,17H2,1H3. The lowest BCUT2D eigenvalue weighted by Crippen LogP contribution is -2.34. The predicted molar refractivity (Wildman–Crippen MR) is 126 cm³/mol. The Hall–Kier alpha value is -3.13. The van der Waals surface area contributed by atoms with Crippen molar-refractivity contribution in [2.75, 3.05) is 11.9 Å². The first kappa shape index (κ1) is 20.8. The fourth-order valence-electron chi connectivity index (χ4n) is 3.91. The van der Waals surface area contributed by atoms with Gasteiger partial charge < -0.3 is 9.45 Å². The lowest BCUT2D eigenvalue weighted by atomic mass is 10.1. The second kappa shape index (κ2) is 8.09. The summed E-state index contributed by atoms with van der Waals surface area (Å²) in [6.07, 6.45) is 4.20. The molecular weight excluding hydrogens is 440 g/mol. The fraction of sp³-hybridized carbons (Fsp3) is 0.0800. The molecule has 0 saturated carbocycles. The molecule has 0 aliphatic carbocycles. The lowest BCUT2D eigenvalue weighted by molar-refractivity contribution is -0.662. The van der Waals surface area contributed by atoms with Crippen molar-refractivity contribution in [2.24, 2.45) is 0 Å². The Morgan fingerprint density at radius 3 is 2.53 bits per heavy atom. The van der Waals surface area contributed by atoms with Crippen LogP contribution in [0.2, 0.25) is 0 Å². The summed E-state index contributed by atoms with van der Waals surface area (Å²) >= 11 is 1.56. The molecule has 3 aromatic carbocycles. The molecule has 0 saturated heterocycles. The van der Waals surface area contributed by atoms with Crippen LogP contribution < -0.4 is 9.47 Å². The fourth-order valence-corrected chi connectivity index (χ4v) is 5.49. The van der Waals surface area contributed by atoms with Crippen LogP contribution in [-0.2, 0) is 16.7 Å². The summed E-state index contributed by atoms with van der Waals surface area (Å²) in [6, 6.07) is 25.3. The van der Waals surface area contributed by atoms with Gasteiger partial charge in [0.05, 0.1) is 21.0 Å². The number of aromatic nitrogens is 1. The van der Waals surface area contributed by atoms with Crippen LogP contribution in [0.1, 0.15) is 11.1 Å². The molecule has 0 spiro atoms. The number of para-hydroxylation sites is 1. The molecule has 160 valence electrons. The van der Waals surface area contributed by atoms with Gasteiger partial charge in [-0.15, -0.1) is 0 Å². The molecule has 1 aliphatic rings. The molecule has 0 N–H and O–H groups in total. The van der Waals surface area contributed by atoms with Crippen molar-refractivity contribution in [3.8, 4) is 0 Å². The van der Waals surface area contributed by atoms with E-state index in [9.17, 15) is 13.0 Å². The van der Waals surface area contributed by atoms with Gasteiger partial charge in [-0.05, 0) is 35.9 Å². The molecule has 4 aromatic rings. The molecule has 7 heteroatoms. The molecular formula is C25H20N2O3S2. The number of benzene rings is 3. The van der Waals surface area contributed by atoms with E-state index in [2.05, 4.69) is 47.2 Å². The summed E-state index contributed by atoms with van der Waals surface area (Å²) in [6.45, 7) is 0.782. The minimum absolute atomic E-state index is 0.211. The number of thioether (sulfide) groups is 1. The number of pyridine rings is 1. The van der Waals surface area contributed by atoms with Gasteiger partial charge in [0.25, 0.3) is 0 Å². The van der Waals surface area contributed by atoms with Crippen molar-refractivity contribution in [3.63, 3.8) is 0 Å². The van der Waals surface area contributed by atoms with Crippen LogP contribution in [0.15, 0.2) is 99.9 Å². The zero-order valence-corrected chi connectivity index (χ0v) is 18.9. The highest BCUT2D eigenvalue weighted by molar-refractivity contribution is 8.03. The molecule has 2 heterocycles. The Labute approximate surface area is 191 Å². The summed E-state index contributed by atoms with van der Waals surface area (Å²) in [5.41, 5.74) is 4.16. The third-order valence-corrected chi connectivity index (χ3v) is 7.56. The SMILES string of the molecule is CN1/C(=C\c2cc[n+](Cc3ccccc3)c3ccccc23)Sc2ccc(S(=O)(=O)[O-])cc21. The van der Waals surface area contributed by atoms with Crippen molar-refractivity contribution in [2.45, 2.75) is 16.3 Å². The van der Waals surface area contributed by atoms with Gasteiger partial charge in [0.15, 0.2) is 12.7 Å². The second-order valence-electron chi connectivity index (χ2n) is 7.63. The monoisotopic (exact) mass is 460 g/mol. The van der Waals surface area contributed by atoms with E-state index in [0.29, 0.717) is 0 Å². The number of nitrogens with zero attached hydrogens (tertiary/aromatic N) is 2. The normalized spacial score (nSPS) is 14.8. The number of fused-ring (bicyclic) bond motifs is 2. The number of anilines is 1. The number of rotatable bonds is 4. The predicted octanol–water partition coefficient (Wildman–Crippen LogP) is 4.62. The van der Waals surface area contributed by atoms with Crippen LogP contribution in [0.4, 0.5) is 5.69 Å². The maximum absolute atomic E-state index is 11.4. The lowest BCUT2D eigenvalue weighted by Gasteiger charge is -2.15. The van der Waals surface area contributed by atoms with E-state index < -0.39 is 10.1 Å². The first-order valence-electron chi connectivity index (χ1n) is 10.1. The minimum atomic E-state index is -4.49. The summed E-state index contributed by atoms with van der Waals surface area (Å²) in [5, 5.41) is 2.10. The van der Waals surface area contributed by atoms with Crippen molar-refractivity contribution in [3.05, 3.63) is 101 Å². The van der Waals surface area contributed by atoms with E-state index in [1.807, 2.05) is 42.3 Å². The van der Waals surface area contributed by atoms with Crippen LogP contribution in [-0.4, -0.2) is 20.0 Å². The van der Waals surface area contributed by atoms with Crippen molar-refractivity contribution in [1.82, 2.24) is 0 Å². The van der Waals surface area contributed by atoms with Gasteiger partial charge in [-0.2, -0.15) is 4.57 Å². The van der Waals surface area contributed by atoms with Crippen molar-refractivity contribution in [1.29, 1.82) is 0 Å². The van der Waals surface area contributed by atoms with Gasteiger partial charge in [-0.25, -0.2) is 8.42 Å². The van der Waals surface area contributed by atoms with Crippen LogP contribution in [0, 0.1) is 0 Å². The van der Waals surface area contributed by atoms with Gasteiger partial charge in [0.2, 0.25) is 5.52 Å². The molecule has 0 radical (unpaired) electrons. The van der Waals surface area contributed by atoms with Gasteiger partial charge in [-0.1, -0.05) is 54.2 Å². The Balaban J connectivity index is 1.54. The average molecular weight is 461 g/mol. The Bertz CT molecular complexity index is 1470. The first-order valence-corrected chi connectivity index (χ1v) is 12.3. The van der Waals surface area contributed by atoms with Gasteiger partial charge in [0, 0.05) is 29.6 Å². The zero-order valence-electron chi connectivity index (χ0n) is 17.3. The molecule has 0 amide bonds. The Morgan fingerprint density at radius 1 is 1.00 bits per heavy atom. The Kier molecular flexibility index (Phi) is 5.25. The molecule has 0 bridgehead atoms. The van der Waals surface area contributed by atoms with Crippen LogP contribution in [0.25, 0.3) is 17.0 Å². The maximum Gasteiger partial charge on any atom is 0.213 e. The molecule has 0 atom stereocenters. The highest BCUT2D eigenvalue weighted by Gasteiger charge is 2.24.